The minimum Gasteiger partial charge on any atom is -0.466 e. The molecule has 2 atom stereocenters. The number of carboxylic acid groups (broad SMARTS) is 1. The van der Waals surface area contributed by atoms with Gasteiger partial charge in [-0.05, 0) is 32.6 Å². The molecular weight excluding hydrogens is 210 g/mol. The van der Waals surface area contributed by atoms with Crippen molar-refractivity contribution in [1.82, 2.24) is 4.90 Å². The molecule has 5 nitrogen and oxygen atoms in total. The zero-order valence-electron chi connectivity index (χ0n) is 9.81. The van der Waals surface area contributed by atoms with E-state index >= 15 is 0 Å². The van der Waals surface area contributed by atoms with E-state index in [1.165, 1.54) is 4.90 Å². The average Bonchev–Trinajstić information content (AvgIpc) is 2.17. The Bertz CT molecular complexity index is 267. The first-order chi connectivity index (χ1) is 7.54. The molecule has 1 fully saturated rings. The predicted molar refractivity (Wildman–Crippen MR) is 58.2 cm³/mol. The number of rotatable bonds is 3. The molecule has 92 valence electrons. The smallest absolute Gasteiger partial charge is 0.407 e. The summed E-state index contributed by atoms with van der Waals surface area (Å²) < 4.78 is 4.89. The first kappa shape index (κ1) is 12.8. The van der Waals surface area contributed by atoms with Crippen LogP contribution in [0.3, 0.4) is 0 Å². The fraction of sp³-hybridized carbons (Fsp3) is 0.818. The Kier molecular flexibility index (Phi) is 4.58. The highest BCUT2D eigenvalue weighted by Gasteiger charge is 2.29. The third kappa shape index (κ3) is 3.40. The van der Waals surface area contributed by atoms with Gasteiger partial charge >= 0.3 is 12.1 Å². The van der Waals surface area contributed by atoms with Crippen LogP contribution in [0.2, 0.25) is 0 Å². The highest BCUT2D eigenvalue weighted by Crippen LogP contribution is 2.25. The summed E-state index contributed by atoms with van der Waals surface area (Å²) in [4.78, 5) is 23.5. The average molecular weight is 229 g/mol. The Morgan fingerprint density at radius 2 is 2.19 bits per heavy atom. The maximum Gasteiger partial charge on any atom is 0.407 e. The molecule has 0 aromatic carbocycles. The highest BCUT2D eigenvalue weighted by molar-refractivity contribution is 5.70. The molecule has 16 heavy (non-hydrogen) atoms. The molecule has 0 bridgehead atoms. The number of nitrogens with zero attached hydrogens (tertiary/aromatic N) is 1. The molecule has 0 saturated carbocycles. The van der Waals surface area contributed by atoms with Crippen molar-refractivity contribution in [1.29, 1.82) is 0 Å². The van der Waals surface area contributed by atoms with Crippen molar-refractivity contribution in [3.05, 3.63) is 0 Å². The van der Waals surface area contributed by atoms with Gasteiger partial charge in [-0.25, -0.2) is 4.79 Å². The number of hydrogen-bond donors (Lipinski definition) is 1. The quantitative estimate of drug-likeness (QED) is 0.748. The van der Waals surface area contributed by atoms with Gasteiger partial charge in [-0.2, -0.15) is 0 Å². The summed E-state index contributed by atoms with van der Waals surface area (Å²) in [6.45, 7) is 4.59. The topological polar surface area (TPSA) is 66.8 Å². The Balaban J connectivity index is 2.39. The number of piperidine rings is 1. The summed E-state index contributed by atoms with van der Waals surface area (Å²) in [5, 5.41) is 8.90. The van der Waals surface area contributed by atoms with Gasteiger partial charge in [0, 0.05) is 19.0 Å². The van der Waals surface area contributed by atoms with Gasteiger partial charge in [0.25, 0.3) is 0 Å². The molecule has 0 aromatic rings. The maximum absolute atomic E-state index is 11.3. The van der Waals surface area contributed by atoms with E-state index in [1.807, 2.05) is 6.92 Å². The van der Waals surface area contributed by atoms with Gasteiger partial charge in [-0.15, -0.1) is 0 Å². The van der Waals surface area contributed by atoms with Crippen LogP contribution in [0.1, 0.15) is 33.1 Å². The molecule has 0 aromatic heterocycles. The van der Waals surface area contributed by atoms with Crippen LogP contribution in [0.4, 0.5) is 4.79 Å². The van der Waals surface area contributed by atoms with Crippen LogP contribution >= 0.6 is 0 Å². The lowest BCUT2D eigenvalue weighted by Gasteiger charge is -2.35. The van der Waals surface area contributed by atoms with E-state index < -0.39 is 6.09 Å². The SMILES string of the molecule is CCOC(=O)CC1CCN(C(=O)O)[C@@H](C)C1. The molecule has 0 aliphatic carbocycles. The fourth-order valence-corrected chi connectivity index (χ4v) is 2.19. The number of carbonyl (C=O) groups is 2. The van der Waals surface area contributed by atoms with Crippen LogP contribution < -0.4 is 0 Å². The molecule has 0 radical (unpaired) electrons. The summed E-state index contributed by atoms with van der Waals surface area (Å²) in [5.74, 6) is 0.0770. The van der Waals surface area contributed by atoms with Crippen LogP contribution in [-0.2, 0) is 9.53 Å². The Morgan fingerprint density at radius 3 is 2.69 bits per heavy atom. The monoisotopic (exact) mass is 229 g/mol. The lowest BCUT2D eigenvalue weighted by atomic mass is 9.89. The lowest BCUT2D eigenvalue weighted by molar-refractivity contribution is -0.144. The molecule has 1 N–H and O–H groups in total. The molecule has 1 aliphatic heterocycles. The van der Waals surface area contributed by atoms with Crippen molar-refractivity contribution in [3.63, 3.8) is 0 Å². The van der Waals surface area contributed by atoms with Crippen molar-refractivity contribution >= 4 is 12.1 Å². The minimum absolute atomic E-state index is 0.00863. The number of hydrogen-bond acceptors (Lipinski definition) is 3. The third-order valence-corrected chi connectivity index (χ3v) is 2.99. The number of amides is 1. The lowest BCUT2D eigenvalue weighted by Crippen LogP contribution is -2.44. The van der Waals surface area contributed by atoms with Gasteiger partial charge < -0.3 is 14.7 Å². The number of likely N-dealkylation sites (tertiary alicyclic amines) is 1. The van der Waals surface area contributed by atoms with Gasteiger partial charge in [0.15, 0.2) is 0 Å². The van der Waals surface area contributed by atoms with E-state index in [0.29, 0.717) is 19.6 Å². The van der Waals surface area contributed by atoms with Crippen molar-refractivity contribution in [2.45, 2.75) is 39.2 Å². The van der Waals surface area contributed by atoms with E-state index in [-0.39, 0.29) is 17.9 Å². The molecule has 5 heteroatoms. The summed E-state index contributed by atoms with van der Waals surface area (Å²) in [7, 11) is 0. The molecule has 1 aliphatic rings. The van der Waals surface area contributed by atoms with Gasteiger partial charge in [-0.1, -0.05) is 0 Å². The second kappa shape index (κ2) is 5.72. The molecule has 1 unspecified atom stereocenters. The summed E-state index contributed by atoms with van der Waals surface area (Å²) in [6.07, 6.45) is 1.02. The first-order valence-electron chi connectivity index (χ1n) is 5.69. The maximum atomic E-state index is 11.3. The molecular formula is C11H19NO4. The molecule has 1 amide bonds. The Morgan fingerprint density at radius 1 is 1.50 bits per heavy atom. The Labute approximate surface area is 95.4 Å². The van der Waals surface area contributed by atoms with Crippen LogP contribution in [0.15, 0.2) is 0 Å². The van der Waals surface area contributed by atoms with Crippen LogP contribution in [0.25, 0.3) is 0 Å². The second-order valence-electron chi connectivity index (χ2n) is 4.22. The Hall–Kier alpha value is -1.26. The summed E-state index contributed by atoms with van der Waals surface area (Å²) in [5.41, 5.74) is 0. The van der Waals surface area contributed by atoms with E-state index in [1.54, 1.807) is 6.92 Å². The molecule has 1 saturated heterocycles. The largest absolute Gasteiger partial charge is 0.466 e. The van der Waals surface area contributed by atoms with Gasteiger partial charge in [0.05, 0.1) is 6.61 Å². The van der Waals surface area contributed by atoms with Gasteiger partial charge in [-0.3, -0.25) is 4.79 Å². The van der Waals surface area contributed by atoms with Crippen molar-refractivity contribution in [3.8, 4) is 0 Å². The number of esters is 1. The fourth-order valence-electron chi connectivity index (χ4n) is 2.19. The van der Waals surface area contributed by atoms with E-state index in [0.717, 1.165) is 12.8 Å². The first-order valence-corrected chi connectivity index (χ1v) is 5.69. The normalized spacial score (nSPS) is 25.2. The zero-order valence-corrected chi connectivity index (χ0v) is 9.81. The van der Waals surface area contributed by atoms with Crippen LogP contribution in [0.5, 0.6) is 0 Å². The van der Waals surface area contributed by atoms with Crippen molar-refractivity contribution in [2.24, 2.45) is 5.92 Å². The number of carbonyl (C=O) groups excluding carboxylic acids is 1. The highest BCUT2D eigenvalue weighted by atomic mass is 16.5. The zero-order chi connectivity index (χ0) is 12.1. The van der Waals surface area contributed by atoms with Crippen LogP contribution in [0, 0.1) is 5.92 Å². The molecule has 1 heterocycles. The number of ether oxygens (including phenoxy) is 1. The minimum atomic E-state index is -0.873. The van der Waals surface area contributed by atoms with Crippen molar-refractivity contribution < 1.29 is 19.4 Å². The molecule has 1 rings (SSSR count). The molecule has 0 spiro atoms. The van der Waals surface area contributed by atoms with E-state index in [4.69, 9.17) is 9.84 Å². The predicted octanol–water partition coefficient (Wildman–Crippen LogP) is 1.72. The summed E-state index contributed by atoms with van der Waals surface area (Å²) >= 11 is 0. The van der Waals surface area contributed by atoms with Crippen molar-refractivity contribution in [2.75, 3.05) is 13.2 Å². The third-order valence-electron chi connectivity index (χ3n) is 2.99. The van der Waals surface area contributed by atoms with Crippen LogP contribution in [-0.4, -0.2) is 41.3 Å². The van der Waals surface area contributed by atoms with Gasteiger partial charge in [0.2, 0.25) is 0 Å². The summed E-state index contributed by atoms with van der Waals surface area (Å²) in [6, 6.07) is -0.00863. The van der Waals surface area contributed by atoms with E-state index in [2.05, 4.69) is 0 Å². The second-order valence-corrected chi connectivity index (χ2v) is 4.22. The van der Waals surface area contributed by atoms with E-state index in [9.17, 15) is 9.59 Å². The van der Waals surface area contributed by atoms with Gasteiger partial charge in [0.1, 0.15) is 0 Å². The standard InChI is InChI=1S/C11H19NO4/c1-3-16-10(13)7-9-4-5-12(11(14)15)8(2)6-9/h8-9H,3-7H2,1-2H3,(H,14,15)/t8-,9?/m0/s1.